The number of ketones is 1. The molecular formula is C42H53N4O11S4+. The Labute approximate surface area is 364 Å². The lowest BCUT2D eigenvalue weighted by Crippen LogP contribution is -2.40. The van der Waals surface area contributed by atoms with E-state index in [0.29, 0.717) is 93.3 Å². The summed E-state index contributed by atoms with van der Waals surface area (Å²) in [5.41, 5.74) is 5.38. The third-order valence-electron chi connectivity index (χ3n) is 10.8. The minimum absolute atomic E-state index is 0.109. The van der Waals surface area contributed by atoms with Crippen LogP contribution in [0.2, 0.25) is 0 Å². The number of hydrogen-bond donors (Lipinski definition) is 4. The number of carbonyl (C=O) groups is 3. The average Bonchev–Trinajstić information content (AvgIpc) is 3.20. The molecule has 3 aromatic rings. The van der Waals surface area contributed by atoms with Crippen LogP contribution in [0, 0.1) is 0 Å². The van der Waals surface area contributed by atoms with Gasteiger partial charge in [0.15, 0.2) is 0 Å². The lowest BCUT2D eigenvalue weighted by molar-refractivity contribution is -0.136. The zero-order valence-corrected chi connectivity index (χ0v) is 37.4. The predicted octanol–water partition coefficient (Wildman–Crippen LogP) is 4.32. The number of ether oxygens (including phenoxy) is 1. The number of carbonyl (C=O) groups excluding carboxylic acids is 2. The summed E-state index contributed by atoms with van der Waals surface area (Å²) in [6.07, 6.45) is 4.17. The summed E-state index contributed by atoms with van der Waals surface area (Å²) in [5.74, 6) is 0.747. The Bertz CT molecular complexity index is 2500. The molecule has 0 aliphatic carbocycles. The number of aryl methyl sites for hydroxylation is 1. The van der Waals surface area contributed by atoms with Gasteiger partial charge in [-0.15, -0.1) is 0 Å². The van der Waals surface area contributed by atoms with Crippen molar-refractivity contribution in [1.29, 1.82) is 0 Å². The first kappa shape index (κ1) is 46.4. The molecule has 61 heavy (non-hydrogen) atoms. The highest BCUT2D eigenvalue weighted by atomic mass is 33.1. The third kappa shape index (κ3) is 12.7. The van der Waals surface area contributed by atoms with E-state index in [9.17, 15) is 40.3 Å². The summed E-state index contributed by atoms with van der Waals surface area (Å²) >= 11 is 0. The quantitative estimate of drug-likeness (QED) is 0.0375. The molecule has 3 aliphatic rings. The summed E-state index contributed by atoms with van der Waals surface area (Å²) in [6, 6.07) is 15.4. The number of aliphatic carboxylic acids is 1. The fourth-order valence-electron chi connectivity index (χ4n) is 7.97. The van der Waals surface area contributed by atoms with Gasteiger partial charge in [-0.3, -0.25) is 23.5 Å². The Morgan fingerprint density at radius 2 is 1.62 bits per heavy atom. The molecule has 3 aromatic carbocycles. The third-order valence-corrected chi connectivity index (χ3v) is 14.9. The van der Waals surface area contributed by atoms with Crippen molar-refractivity contribution in [3.63, 3.8) is 0 Å². The van der Waals surface area contributed by atoms with E-state index in [4.69, 9.17) is 9.84 Å². The van der Waals surface area contributed by atoms with E-state index in [1.54, 1.807) is 28.8 Å². The largest absolute Gasteiger partial charge is 0.481 e. The Balaban J connectivity index is 1.31. The number of amides is 1. The lowest BCUT2D eigenvalue weighted by Gasteiger charge is -2.34. The van der Waals surface area contributed by atoms with Gasteiger partial charge in [-0.1, -0.05) is 39.8 Å². The number of carboxylic acid groups (broad SMARTS) is 1. The van der Waals surface area contributed by atoms with Crippen molar-refractivity contribution in [2.24, 2.45) is 0 Å². The van der Waals surface area contributed by atoms with Crippen molar-refractivity contribution in [2.45, 2.75) is 57.8 Å². The zero-order valence-electron chi connectivity index (χ0n) is 34.1. The van der Waals surface area contributed by atoms with Crippen molar-refractivity contribution in [2.75, 3.05) is 79.5 Å². The van der Waals surface area contributed by atoms with Crippen LogP contribution >= 0.6 is 21.6 Å². The molecule has 0 spiro atoms. The van der Waals surface area contributed by atoms with E-state index in [1.807, 2.05) is 36.4 Å². The van der Waals surface area contributed by atoms with Crippen molar-refractivity contribution >= 4 is 76.4 Å². The Morgan fingerprint density at radius 3 is 2.39 bits per heavy atom. The first-order chi connectivity index (χ1) is 29.1. The molecule has 19 heteroatoms. The highest BCUT2D eigenvalue weighted by Gasteiger charge is 2.30. The second-order valence-electron chi connectivity index (χ2n) is 15.4. The van der Waals surface area contributed by atoms with E-state index in [0.717, 1.165) is 57.2 Å². The van der Waals surface area contributed by atoms with Crippen LogP contribution in [0.3, 0.4) is 0 Å². The maximum atomic E-state index is 14.3. The molecule has 330 valence electrons. The van der Waals surface area contributed by atoms with Crippen LogP contribution < -0.4 is 30.1 Å². The minimum Gasteiger partial charge on any atom is -0.481 e. The predicted molar refractivity (Wildman–Crippen MR) is 240 cm³/mol. The number of nitrogens with one attached hydrogen (secondary N) is 1. The molecule has 3 heterocycles. The van der Waals surface area contributed by atoms with Gasteiger partial charge in [-0.25, -0.2) is 4.58 Å². The van der Waals surface area contributed by atoms with E-state index in [2.05, 4.69) is 20.9 Å². The molecule has 15 nitrogen and oxygen atoms in total. The van der Waals surface area contributed by atoms with Gasteiger partial charge in [0, 0.05) is 104 Å². The average molecular weight is 918 g/mol. The number of nitrogens with zero attached hydrogens (tertiary/aromatic N) is 3. The monoisotopic (exact) mass is 917 g/mol. The van der Waals surface area contributed by atoms with Gasteiger partial charge in [0.2, 0.25) is 5.36 Å². The van der Waals surface area contributed by atoms with Gasteiger partial charge in [-0.05, 0) is 49.4 Å². The van der Waals surface area contributed by atoms with Gasteiger partial charge in [-0.2, -0.15) is 16.8 Å². The van der Waals surface area contributed by atoms with Crippen molar-refractivity contribution in [3.05, 3.63) is 81.4 Å². The summed E-state index contributed by atoms with van der Waals surface area (Å²) in [7, 11) is -3.44. The van der Waals surface area contributed by atoms with Gasteiger partial charge in [0.25, 0.3) is 26.1 Å². The molecule has 4 N–H and O–H groups in total. The lowest BCUT2D eigenvalue weighted by atomic mass is 9.87. The molecular weight excluding hydrogens is 865 g/mol. The van der Waals surface area contributed by atoms with Crippen molar-refractivity contribution in [3.8, 4) is 11.5 Å². The summed E-state index contributed by atoms with van der Waals surface area (Å²) < 4.78 is 73.6. The zero-order chi connectivity index (χ0) is 43.7. The SMILES string of the molecule is CN(CCCC(=O)CCCSSCCC(=O)O)C(=O)c1ccccc1C1=c2cc3c(cc2Oc2cc4c(cc21)NCCN4CCCS(=O)(=O)O)=[N+](CCCS(=O)(=O)O)CCC3. The Hall–Kier alpha value is -4.14. The van der Waals surface area contributed by atoms with Crippen LogP contribution in [0.1, 0.15) is 78.4 Å². The molecule has 6 rings (SSSR count). The minimum atomic E-state index is -4.13. The summed E-state index contributed by atoms with van der Waals surface area (Å²) in [6.45, 7) is 3.07. The number of benzene rings is 3. The number of anilines is 2. The number of rotatable bonds is 22. The topological polar surface area (TPSA) is 211 Å². The first-order valence-corrected chi connectivity index (χ1v) is 26.2. The van der Waals surface area contributed by atoms with Crippen LogP contribution in [-0.4, -0.2) is 123 Å². The van der Waals surface area contributed by atoms with Gasteiger partial charge in [0.05, 0.1) is 35.4 Å². The highest BCUT2D eigenvalue weighted by molar-refractivity contribution is 8.76. The molecule has 0 saturated carbocycles. The Morgan fingerprint density at radius 1 is 0.885 bits per heavy atom. The number of fused-ring (bicyclic) bond motifs is 4. The summed E-state index contributed by atoms with van der Waals surface area (Å²) in [5, 5.41) is 13.9. The van der Waals surface area contributed by atoms with Crippen LogP contribution in [0.4, 0.5) is 11.4 Å². The molecule has 0 bridgehead atoms. The van der Waals surface area contributed by atoms with Gasteiger partial charge < -0.3 is 25.0 Å². The van der Waals surface area contributed by atoms with Crippen LogP contribution in [0.15, 0.2) is 48.5 Å². The molecule has 1 amide bonds. The van der Waals surface area contributed by atoms with Crippen LogP contribution in [0.5, 0.6) is 11.5 Å². The van der Waals surface area contributed by atoms with Gasteiger partial charge >= 0.3 is 5.97 Å². The highest BCUT2D eigenvalue weighted by Crippen LogP contribution is 2.44. The first-order valence-electron chi connectivity index (χ1n) is 20.5. The smallest absolute Gasteiger partial charge is 0.304 e. The number of Topliss-reactive ketones (excluding diaryl/α,β-unsaturated/α-hetero) is 1. The molecule has 0 radical (unpaired) electrons. The van der Waals surface area contributed by atoms with Crippen molar-refractivity contribution < 1.29 is 50.2 Å². The number of carboxylic acids is 1. The van der Waals surface area contributed by atoms with Crippen LogP contribution in [-0.2, 0) is 36.2 Å². The standard InChI is InChI=1S/C42H52N4O11S4/c1-44(16-5-10-30(47)11-6-21-58-59-22-14-40(48)49)42(50)32-13-3-2-12-31(32)41-33-25-29-9-4-17-45(18-7-23-60(51,52)53)36(29)27-38(33)57-39-28-37-35(26-34(39)41)43-15-20-46(37)19-8-24-61(54,55)56/h2-3,12-13,25-28H,4-11,14-24H2,1H3,(H3-,43,48,49,50,51,52,53,54,55,56)/p+1. The van der Waals surface area contributed by atoms with E-state index < -0.39 is 26.2 Å². The molecule has 0 aromatic heterocycles. The molecule has 0 atom stereocenters. The molecule has 3 aliphatic heterocycles. The van der Waals surface area contributed by atoms with E-state index >= 15 is 0 Å². The summed E-state index contributed by atoms with van der Waals surface area (Å²) in [4.78, 5) is 41.4. The fraction of sp³-hybridized carbons (Fsp3) is 0.476. The number of hydrogen-bond acceptors (Lipinski definition) is 12. The maximum absolute atomic E-state index is 14.3. The van der Waals surface area contributed by atoms with Gasteiger partial charge in [0.1, 0.15) is 30.4 Å². The molecule has 0 fully saturated rings. The van der Waals surface area contributed by atoms with E-state index in [-0.39, 0.29) is 42.5 Å². The normalized spacial score (nSPS) is 14.6. The van der Waals surface area contributed by atoms with E-state index in [1.165, 1.54) is 10.8 Å². The van der Waals surface area contributed by atoms with Crippen molar-refractivity contribution in [1.82, 2.24) is 9.48 Å². The molecule has 0 saturated heterocycles. The second-order valence-corrected chi connectivity index (χ2v) is 21.3. The fourth-order valence-corrected chi connectivity index (χ4v) is 11.0. The molecule has 0 unspecified atom stereocenters. The second kappa shape index (κ2) is 20.8. The van der Waals surface area contributed by atoms with Crippen LogP contribution in [0.25, 0.3) is 5.57 Å². The maximum Gasteiger partial charge on any atom is 0.304 e. The Kier molecular flexibility index (Phi) is 15.8.